The number of hydrogen-bond acceptors (Lipinski definition) is 3. The predicted octanol–water partition coefficient (Wildman–Crippen LogP) is 10.1. The lowest BCUT2D eigenvalue weighted by Gasteiger charge is -2.26. The topological polar surface area (TPSA) is 29.5 Å². The van der Waals surface area contributed by atoms with Crippen molar-refractivity contribution in [2.45, 2.75) is 0 Å². The number of furan rings is 2. The van der Waals surface area contributed by atoms with Crippen LogP contribution in [0.15, 0.2) is 136 Å². The third-order valence-electron chi connectivity index (χ3n) is 7.23. The lowest BCUT2D eigenvalue weighted by molar-refractivity contribution is 0.668. The van der Waals surface area contributed by atoms with Gasteiger partial charge in [-0.25, -0.2) is 0 Å². The zero-order valence-electron chi connectivity index (χ0n) is 19.9. The molecule has 0 saturated carbocycles. The minimum absolute atomic E-state index is 0.894. The summed E-state index contributed by atoms with van der Waals surface area (Å²) in [6.07, 6.45) is 0. The summed E-state index contributed by atoms with van der Waals surface area (Å²) in [7, 11) is 0. The summed E-state index contributed by atoms with van der Waals surface area (Å²) in [4.78, 5) is 2.30. The van der Waals surface area contributed by atoms with Crippen molar-refractivity contribution in [3.8, 4) is 0 Å². The van der Waals surface area contributed by atoms with Gasteiger partial charge in [0.1, 0.15) is 22.3 Å². The molecular formula is C34H21NO2. The molecule has 0 aliphatic rings. The molecule has 8 rings (SSSR count). The molecular weight excluding hydrogens is 454 g/mol. The maximum atomic E-state index is 6.13. The highest BCUT2D eigenvalue weighted by Gasteiger charge is 2.17. The maximum absolute atomic E-state index is 6.13. The van der Waals surface area contributed by atoms with Gasteiger partial charge in [0.25, 0.3) is 0 Å². The largest absolute Gasteiger partial charge is 0.456 e. The lowest BCUT2D eigenvalue weighted by Crippen LogP contribution is -2.09. The van der Waals surface area contributed by atoms with Crippen LogP contribution >= 0.6 is 0 Å². The van der Waals surface area contributed by atoms with Crippen LogP contribution in [0.3, 0.4) is 0 Å². The van der Waals surface area contributed by atoms with E-state index in [0.717, 1.165) is 60.9 Å². The number of fused-ring (bicyclic) bond motifs is 8. The molecule has 3 nitrogen and oxygen atoms in total. The maximum Gasteiger partial charge on any atom is 0.136 e. The molecule has 0 N–H and O–H groups in total. The Bertz CT molecular complexity index is 2100. The van der Waals surface area contributed by atoms with Gasteiger partial charge < -0.3 is 13.7 Å². The summed E-state index contributed by atoms with van der Waals surface area (Å²) in [5.74, 6) is 0. The highest BCUT2D eigenvalue weighted by atomic mass is 16.3. The molecule has 0 saturated heterocycles. The van der Waals surface area contributed by atoms with Crippen molar-refractivity contribution in [3.63, 3.8) is 0 Å². The molecule has 0 bridgehead atoms. The number of hydrogen-bond donors (Lipinski definition) is 0. The summed E-state index contributed by atoms with van der Waals surface area (Å²) >= 11 is 0. The highest BCUT2D eigenvalue weighted by Crippen LogP contribution is 2.41. The fraction of sp³-hybridized carbons (Fsp3) is 0. The molecule has 37 heavy (non-hydrogen) atoms. The summed E-state index contributed by atoms with van der Waals surface area (Å²) < 4.78 is 12.2. The molecule has 3 heteroatoms. The van der Waals surface area contributed by atoms with Crippen molar-refractivity contribution >= 4 is 71.7 Å². The molecule has 174 valence electrons. The van der Waals surface area contributed by atoms with Crippen LogP contribution < -0.4 is 4.90 Å². The first-order valence-corrected chi connectivity index (χ1v) is 12.4. The first-order valence-electron chi connectivity index (χ1n) is 12.4. The van der Waals surface area contributed by atoms with Gasteiger partial charge in [-0.1, -0.05) is 66.7 Å². The highest BCUT2D eigenvalue weighted by molar-refractivity contribution is 6.19. The van der Waals surface area contributed by atoms with E-state index in [0.29, 0.717) is 0 Å². The van der Waals surface area contributed by atoms with Crippen LogP contribution in [0.5, 0.6) is 0 Å². The quantitative estimate of drug-likeness (QED) is 0.255. The summed E-state index contributed by atoms with van der Waals surface area (Å²) in [5.41, 5.74) is 6.91. The molecule has 0 aliphatic heterocycles. The number of rotatable bonds is 3. The first kappa shape index (κ1) is 20.2. The second-order valence-electron chi connectivity index (χ2n) is 9.39. The van der Waals surface area contributed by atoms with Gasteiger partial charge in [0.05, 0.1) is 0 Å². The van der Waals surface area contributed by atoms with Crippen molar-refractivity contribution in [2.75, 3.05) is 4.90 Å². The Hall–Kier alpha value is -5.02. The summed E-state index contributed by atoms with van der Waals surface area (Å²) in [6, 6.07) is 44.3. The van der Waals surface area contributed by atoms with Crippen LogP contribution in [0.25, 0.3) is 54.6 Å². The van der Waals surface area contributed by atoms with Crippen LogP contribution in [-0.4, -0.2) is 0 Å². The first-order chi connectivity index (χ1) is 18.3. The zero-order valence-corrected chi connectivity index (χ0v) is 19.9. The van der Waals surface area contributed by atoms with Crippen molar-refractivity contribution < 1.29 is 8.83 Å². The third kappa shape index (κ3) is 3.08. The Morgan fingerprint density at radius 1 is 0.378 bits per heavy atom. The fourth-order valence-corrected chi connectivity index (χ4v) is 5.56. The number of benzene rings is 6. The lowest BCUT2D eigenvalue weighted by atomic mass is 10.0. The van der Waals surface area contributed by atoms with Crippen LogP contribution in [0.2, 0.25) is 0 Å². The van der Waals surface area contributed by atoms with E-state index in [1.165, 1.54) is 10.8 Å². The van der Waals surface area contributed by atoms with Gasteiger partial charge in [0.15, 0.2) is 0 Å². The Morgan fingerprint density at radius 2 is 1.00 bits per heavy atom. The Kier molecular flexibility index (Phi) is 4.23. The predicted molar refractivity (Wildman–Crippen MR) is 153 cm³/mol. The van der Waals surface area contributed by atoms with E-state index in [1.54, 1.807) is 0 Å². The number of para-hydroxylation sites is 3. The van der Waals surface area contributed by atoms with E-state index in [4.69, 9.17) is 8.83 Å². The second kappa shape index (κ2) is 7.74. The molecule has 2 aromatic heterocycles. The SMILES string of the molecule is c1ccc(N(c2ccc3c(ccc4oc5ccccc5c43)c2)c2ccc3oc4ccccc4c3c2)cc1. The summed E-state index contributed by atoms with van der Waals surface area (Å²) in [6.45, 7) is 0. The van der Waals surface area contributed by atoms with Crippen molar-refractivity contribution in [1.82, 2.24) is 0 Å². The minimum atomic E-state index is 0.894. The van der Waals surface area contributed by atoms with E-state index in [1.807, 2.05) is 24.3 Å². The zero-order chi connectivity index (χ0) is 24.3. The standard InChI is InChI=1S/C34H21NO2/c1-2-8-23(9-3-1)35(25-16-19-32-29(21-25)27-10-4-6-12-30(27)36-32)24-15-17-26-22(20-24)14-18-33-34(26)28-11-5-7-13-31(28)37-33/h1-21H. The molecule has 2 heterocycles. The van der Waals surface area contributed by atoms with E-state index in [-0.39, 0.29) is 0 Å². The second-order valence-corrected chi connectivity index (χ2v) is 9.39. The molecule has 0 spiro atoms. The summed E-state index contributed by atoms with van der Waals surface area (Å²) in [5, 5.41) is 6.91. The van der Waals surface area contributed by atoms with Gasteiger partial charge in [0, 0.05) is 38.6 Å². The molecule has 0 atom stereocenters. The monoisotopic (exact) mass is 475 g/mol. The molecule has 0 fully saturated rings. The van der Waals surface area contributed by atoms with E-state index < -0.39 is 0 Å². The van der Waals surface area contributed by atoms with Crippen LogP contribution in [0, 0.1) is 0 Å². The van der Waals surface area contributed by atoms with Gasteiger partial charge >= 0.3 is 0 Å². The number of nitrogens with zero attached hydrogens (tertiary/aromatic N) is 1. The van der Waals surface area contributed by atoms with E-state index in [9.17, 15) is 0 Å². The van der Waals surface area contributed by atoms with Gasteiger partial charge in [-0.3, -0.25) is 0 Å². The van der Waals surface area contributed by atoms with Crippen LogP contribution in [-0.2, 0) is 0 Å². The van der Waals surface area contributed by atoms with E-state index in [2.05, 4.69) is 108 Å². The Labute approximate surface area is 212 Å². The van der Waals surface area contributed by atoms with Gasteiger partial charge in [-0.15, -0.1) is 0 Å². The Morgan fingerprint density at radius 3 is 1.86 bits per heavy atom. The average molecular weight is 476 g/mol. The molecule has 6 aromatic carbocycles. The van der Waals surface area contributed by atoms with Crippen LogP contribution in [0.4, 0.5) is 17.1 Å². The van der Waals surface area contributed by atoms with Gasteiger partial charge in [0.2, 0.25) is 0 Å². The number of anilines is 3. The molecule has 0 unspecified atom stereocenters. The Balaban J connectivity index is 1.36. The molecule has 0 aliphatic carbocycles. The van der Waals surface area contributed by atoms with Crippen molar-refractivity contribution in [2.24, 2.45) is 0 Å². The van der Waals surface area contributed by atoms with E-state index >= 15 is 0 Å². The molecule has 0 amide bonds. The fourth-order valence-electron chi connectivity index (χ4n) is 5.56. The molecule has 8 aromatic rings. The average Bonchev–Trinajstić information content (AvgIpc) is 3.52. The normalized spacial score (nSPS) is 11.8. The minimum Gasteiger partial charge on any atom is -0.456 e. The van der Waals surface area contributed by atoms with Gasteiger partial charge in [-0.05, 0) is 71.4 Å². The smallest absolute Gasteiger partial charge is 0.136 e. The van der Waals surface area contributed by atoms with Crippen molar-refractivity contribution in [3.05, 3.63) is 127 Å². The molecule has 0 radical (unpaired) electrons. The van der Waals surface area contributed by atoms with Gasteiger partial charge in [-0.2, -0.15) is 0 Å². The third-order valence-corrected chi connectivity index (χ3v) is 7.23. The van der Waals surface area contributed by atoms with Crippen molar-refractivity contribution in [1.29, 1.82) is 0 Å². The van der Waals surface area contributed by atoms with Crippen LogP contribution in [0.1, 0.15) is 0 Å².